The number of carbonyl (C=O) groups is 2. The average molecular weight is 378 g/mol. The maximum absolute atomic E-state index is 11.9. The highest BCUT2D eigenvalue weighted by Crippen LogP contribution is 2.30. The smallest absolute Gasteiger partial charge is 0.326 e. The molecule has 0 aliphatic rings. The second-order valence-electron chi connectivity index (χ2n) is 5.54. The van der Waals surface area contributed by atoms with Gasteiger partial charge in [-0.1, -0.05) is 48.0 Å². The van der Waals surface area contributed by atoms with Gasteiger partial charge >= 0.3 is 5.97 Å². The van der Waals surface area contributed by atoms with Gasteiger partial charge in [-0.2, -0.15) is 0 Å². The SMILES string of the molecule is COCCC(NC(=O)COc1ccc(-c2ccccc2)cc1Cl)C(=O)O. The lowest BCUT2D eigenvalue weighted by atomic mass is 10.1. The molecule has 0 radical (unpaired) electrons. The molecule has 0 fully saturated rings. The first-order chi connectivity index (χ1) is 12.5. The second kappa shape index (κ2) is 9.79. The molecule has 1 atom stereocenters. The summed E-state index contributed by atoms with van der Waals surface area (Å²) in [6.45, 7) is -0.105. The van der Waals surface area contributed by atoms with E-state index in [0.717, 1.165) is 11.1 Å². The highest BCUT2D eigenvalue weighted by Gasteiger charge is 2.20. The van der Waals surface area contributed by atoms with Crippen LogP contribution in [0.3, 0.4) is 0 Å². The number of carboxylic acid groups (broad SMARTS) is 1. The Hall–Kier alpha value is -2.57. The molecule has 2 aromatic carbocycles. The van der Waals surface area contributed by atoms with Crippen molar-refractivity contribution < 1.29 is 24.2 Å². The van der Waals surface area contributed by atoms with Gasteiger partial charge in [-0.15, -0.1) is 0 Å². The maximum Gasteiger partial charge on any atom is 0.326 e. The predicted molar refractivity (Wildman–Crippen MR) is 98.4 cm³/mol. The summed E-state index contributed by atoms with van der Waals surface area (Å²) in [5.41, 5.74) is 1.94. The summed E-state index contributed by atoms with van der Waals surface area (Å²) in [5.74, 6) is -1.32. The fourth-order valence-electron chi connectivity index (χ4n) is 2.30. The van der Waals surface area contributed by atoms with E-state index in [1.54, 1.807) is 12.1 Å². The Kier molecular flexibility index (Phi) is 7.44. The number of carboxylic acids is 1. The van der Waals surface area contributed by atoms with E-state index in [0.29, 0.717) is 10.8 Å². The van der Waals surface area contributed by atoms with Gasteiger partial charge in [-0.3, -0.25) is 4.79 Å². The van der Waals surface area contributed by atoms with E-state index in [1.807, 2.05) is 36.4 Å². The van der Waals surface area contributed by atoms with Crippen LogP contribution in [0.1, 0.15) is 6.42 Å². The first kappa shape index (κ1) is 19.8. The summed E-state index contributed by atoms with van der Waals surface area (Å²) in [5, 5.41) is 11.8. The van der Waals surface area contributed by atoms with Crippen molar-refractivity contribution in [3.63, 3.8) is 0 Å². The number of amides is 1. The van der Waals surface area contributed by atoms with Crippen LogP contribution < -0.4 is 10.1 Å². The van der Waals surface area contributed by atoms with E-state index in [9.17, 15) is 9.59 Å². The molecule has 0 bridgehead atoms. The number of benzene rings is 2. The summed E-state index contributed by atoms with van der Waals surface area (Å²) in [4.78, 5) is 23.0. The number of methoxy groups -OCH3 is 1. The van der Waals surface area contributed by atoms with Crippen LogP contribution in [-0.2, 0) is 14.3 Å². The highest BCUT2D eigenvalue weighted by atomic mass is 35.5. The Bertz CT molecular complexity index is 751. The minimum Gasteiger partial charge on any atom is -0.482 e. The third-order valence-electron chi connectivity index (χ3n) is 3.64. The van der Waals surface area contributed by atoms with Crippen LogP contribution in [0.5, 0.6) is 5.75 Å². The third-order valence-corrected chi connectivity index (χ3v) is 3.94. The fraction of sp³-hybridized carbons (Fsp3) is 0.263. The summed E-state index contributed by atoms with van der Waals surface area (Å²) in [7, 11) is 1.46. The van der Waals surface area contributed by atoms with Gasteiger partial charge in [0.15, 0.2) is 6.61 Å². The molecule has 2 aromatic rings. The largest absolute Gasteiger partial charge is 0.482 e. The zero-order valence-corrected chi connectivity index (χ0v) is 15.0. The van der Waals surface area contributed by atoms with Gasteiger partial charge in [0.1, 0.15) is 11.8 Å². The number of nitrogens with one attached hydrogen (secondary N) is 1. The van der Waals surface area contributed by atoms with Crippen molar-refractivity contribution in [3.8, 4) is 16.9 Å². The summed E-state index contributed by atoms with van der Waals surface area (Å²) >= 11 is 6.22. The van der Waals surface area contributed by atoms with E-state index >= 15 is 0 Å². The Labute approximate surface area is 156 Å². The van der Waals surface area contributed by atoms with Crippen LogP contribution in [0, 0.1) is 0 Å². The number of hydrogen-bond donors (Lipinski definition) is 2. The molecule has 0 heterocycles. The third kappa shape index (κ3) is 5.75. The van der Waals surface area contributed by atoms with Gasteiger partial charge in [0.2, 0.25) is 0 Å². The molecule has 138 valence electrons. The summed E-state index contributed by atoms with van der Waals surface area (Å²) in [6.07, 6.45) is 0.171. The number of carbonyl (C=O) groups excluding carboxylic acids is 1. The zero-order valence-electron chi connectivity index (χ0n) is 14.3. The van der Waals surface area contributed by atoms with Crippen molar-refractivity contribution in [1.82, 2.24) is 5.32 Å². The standard InChI is InChI=1S/C19H20ClNO5/c1-25-10-9-16(19(23)24)21-18(22)12-26-17-8-7-14(11-15(17)20)13-5-3-2-4-6-13/h2-8,11,16H,9-10,12H2,1H3,(H,21,22)(H,23,24). The van der Waals surface area contributed by atoms with E-state index < -0.39 is 17.9 Å². The van der Waals surface area contributed by atoms with E-state index in [-0.39, 0.29) is 19.6 Å². The Balaban J connectivity index is 1.94. The molecule has 0 saturated heterocycles. The lowest BCUT2D eigenvalue weighted by Gasteiger charge is -2.15. The number of rotatable bonds is 9. The number of ether oxygens (including phenoxy) is 2. The maximum atomic E-state index is 11.9. The van der Waals surface area contributed by atoms with Crippen molar-refractivity contribution >= 4 is 23.5 Å². The van der Waals surface area contributed by atoms with Crippen LogP contribution in [0.2, 0.25) is 5.02 Å². The first-order valence-electron chi connectivity index (χ1n) is 8.00. The monoisotopic (exact) mass is 377 g/mol. The van der Waals surface area contributed by atoms with Gasteiger partial charge in [0.05, 0.1) is 5.02 Å². The molecule has 26 heavy (non-hydrogen) atoms. The molecule has 1 amide bonds. The molecule has 1 unspecified atom stereocenters. The minimum atomic E-state index is -1.12. The second-order valence-corrected chi connectivity index (χ2v) is 5.95. The summed E-state index contributed by atoms with van der Waals surface area (Å²) in [6, 6.07) is 14.0. The van der Waals surface area contributed by atoms with Gasteiger partial charge in [0, 0.05) is 20.1 Å². The van der Waals surface area contributed by atoms with Crippen molar-refractivity contribution in [2.75, 3.05) is 20.3 Å². The molecule has 0 aromatic heterocycles. The van der Waals surface area contributed by atoms with Gasteiger partial charge in [0.25, 0.3) is 5.91 Å². The molecule has 7 heteroatoms. The normalized spacial score (nSPS) is 11.6. The van der Waals surface area contributed by atoms with Crippen LogP contribution >= 0.6 is 11.6 Å². The Morgan fingerprint density at radius 2 is 1.88 bits per heavy atom. The molecule has 0 spiro atoms. The van der Waals surface area contributed by atoms with Crippen LogP contribution in [0.4, 0.5) is 0 Å². The molecule has 2 N–H and O–H groups in total. The molecule has 0 aliphatic carbocycles. The van der Waals surface area contributed by atoms with Crippen molar-refractivity contribution in [3.05, 3.63) is 53.6 Å². The van der Waals surface area contributed by atoms with E-state index in [1.165, 1.54) is 7.11 Å². The van der Waals surface area contributed by atoms with Crippen LogP contribution in [-0.4, -0.2) is 43.3 Å². The fourth-order valence-corrected chi connectivity index (χ4v) is 2.54. The number of hydrogen-bond acceptors (Lipinski definition) is 4. The minimum absolute atomic E-state index is 0.171. The van der Waals surface area contributed by atoms with Crippen LogP contribution in [0.15, 0.2) is 48.5 Å². The molecule has 0 aliphatic heterocycles. The zero-order chi connectivity index (χ0) is 18.9. The van der Waals surface area contributed by atoms with Gasteiger partial charge in [-0.05, 0) is 23.3 Å². The van der Waals surface area contributed by atoms with Gasteiger partial charge < -0.3 is 19.9 Å². The lowest BCUT2D eigenvalue weighted by Crippen LogP contribution is -2.43. The highest BCUT2D eigenvalue weighted by molar-refractivity contribution is 6.32. The molecule has 0 saturated carbocycles. The average Bonchev–Trinajstić information content (AvgIpc) is 2.64. The molecule has 2 rings (SSSR count). The first-order valence-corrected chi connectivity index (χ1v) is 8.38. The van der Waals surface area contributed by atoms with Gasteiger partial charge in [-0.25, -0.2) is 4.79 Å². The Morgan fingerprint density at radius 1 is 1.15 bits per heavy atom. The molecular formula is C19H20ClNO5. The van der Waals surface area contributed by atoms with E-state index in [4.69, 9.17) is 26.2 Å². The lowest BCUT2D eigenvalue weighted by molar-refractivity contribution is -0.142. The quantitative estimate of drug-likeness (QED) is 0.701. The topological polar surface area (TPSA) is 84.9 Å². The Morgan fingerprint density at radius 3 is 2.50 bits per heavy atom. The van der Waals surface area contributed by atoms with Crippen molar-refractivity contribution in [2.45, 2.75) is 12.5 Å². The number of halogens is 1. The predicted octanol–water partition coefficient (Wildman–Crippen LogP) is 2.99. The number of aliphatic carboxylic acids is 1. The molecule has 6 nitrogen and oxygen atoms in total. The van der Waals surface area contributed by atoms with Crippen molar-refractivity contribution in [2.24, 2.45) is 0 Å². The van der Waals surface area contributed by atoms with Crippen molar-refractivity contribution in [1.29, 1.82) is 0 Å². The van der Waals surface area contributed by atoms with Crippen LogP contribution in [0.25, 0.3) is 11.1 Å². The summed E-state index contributed by atoms with van der Waals surface area (Å²) < 4.78 is 10.2. The molecular weight excluding hydrogens is 358 g/mol. The van der Waals surface area contributed by atoms with E-state index in [2.05, 4.69) is 5.32 Å².